The second-order valence-corrected chi connectivity index (χ2v) is 4.38. The zero-order chi connectivity index (χ0) is 12.3. The van der Waals surface area contributed by atoms with E-state index in [4.69, 9.17) is 10.2 Å². The number of rotatable bonds is 4. The molecule has 2 rings (SSSR count). The Labute approximate surface area is 114 Å². The average Bonchev–Trinajstić information content (AvgIpc) is 2.96. The molecule has 2 aromatic rings. The highest BCUT2D eigenvalue weighted by molar-refractivity contribution is 7.15. The summed E-state index contributed by atoms with van der Waals surface area (Å²) in [5, 5.41) is 11.8. The van der Waals surface area contributed by atoms with Crippen molar-refractivity contribution in [3.05, 3.63) is 28.7 Å². The molecule has 0 saturated carbocycles. The number of halogens is 1. The lowest BCUT2D eigenvalue weighted by atomic mass is 10.3. The number of nitrogens with two attached hydrogens (primary N) is 1. The fourth-order valence-electron chi connectivity index (χ4n) is 1.22. The van der Waals surface area contributed by atoms with E-state index in [0.29, 0.717) is 16.5 Å². The molecular weight excluding hydrogens is 276 g/mol. The predicted molar refractivity (Wildman–Crippen MR) is 71.1 cm³/mol. The normalized spacial score (nSPS) is 9.89. The summed E-state index contributed by atoms with van der Waals surface area (Å²) in [6.45, 7) is 2.25. The summed E-state index contributed by atoms with van der Waals surface area (Å²) in [5.41, 5.74) is 5.82. The van der Waals surface area contributed by atoms with Crippen molar-refractivity contribution in [2.75, 3.05) is 5.32 Å². The van der Waals surface area contributed by atoms with E-state index in [2.05, 4.69) is 15.5 Å². The van der Waals surface area contributed by atoms with Crippen LogP contribution in [0.15, 0.2) is 16.7 Å². The summed E-state index contributed by atoms with van der Waals surface area (Å²) in [4.78, 5) is 11.8. The quantitative estimate of drug-likeness (QED) is 0.895. The predicted octanol–water partition coefficient (Wildman–Crippen LogP) is 1.83. The zero-order valence-electron chi connectivity index (χ0n) is 9.67. The molecule has 3 N–H and O–H groups in total. The largest absolute Gasteiger partial charge is 0.467 e. The van der Waals surface area contributed by atoms with Gasteiger partial charge >= 0.3 is 0 Å². The fourth-order valence-corrected chi connectivity index (χ4v) is 1.90. The van der Waals surface area contributed by atoms with Crippen LogP contribution < -0.4 is 11.1 Å². The molecule has 0 atom stereocenters. The van der Waals surface area contributed by atoms with Gasteiger partial charge in [0.2, 0.25) is 5.13 Å². The molecule has 0 bridgehead atoms. The molecule has 98 valence electrons. The van der Waals surface area contributed by atoms with E-state index in [-0.39, 0.29) is 24.9 Å². The van der Waals surface area contributed by atoms with E-state index in [1.807, 2.05) is 6.92 Å². The number of anilines is 1. The van der Waals surface area contributed by atoms with Gasteiger partial charge in [0.05, 0.1) is 12.1 Å². The molecule has 0 aliphatic rings. The van der Waals surface area contributed by atoms with Crippen LogP contribution in [0.25, 0.3) is 0 Å². The molecule has 0 saturated heterocycles. The standard InChI is InChI=1S/C10H12N4O2S.ClH/c1-2-8-13-14-10(17-8)12-9(15)6-3-7(4-11)16-5-6;/h3,5H,2,4,11H2,1H3,(H,12,14,15);1H. The second-order valence-electron chi connectivity index (χ2n) is 3.31. The molecule has 0 radical (unpaired) electrons. The first-order chi connectivity index (χ1) is 8.22. The number of aromatic nitrogens is 2. The van der Waals surface area contributed by atoms with E-state index in [1.165, 1.54) is 17.6 Å². The van der Waals surface area contributed by atoms with Crippen molar-refractivity contribution in [3.8, 4) is 0 Å². The van der Waals surface area contributed by atoms with Crippen LogP contribution >= 0.6 is 23.7 Å². The van der Waals surface area contributed by atoms with Gasteiger partial charge in [-0.25, -0.2) is 0 Å². The number of nitrogens with zero attached hydrogens (tertiary/aromatic N) is 2. The number of amides is 1. The number of carbonyl (C=O) groups is 1. The minimum absolute atomic E-state index is 0. The van der Waals surface area contributed by atoms with Gasteiger partial charge in [-0.3, -0.25) is 10.1 Å². The maximum atomic E-state index is 11.8. The van der Waals surface area contributed by atoms with Gasteiger partial charge in [-0.2, -0.15) is 0 Å². The number of furan rings is 1. The Morgan fingerprint density at radius 2 is 2.33 bits per heavy atom. The van der Waals surface area contributed by atoms with E-state index in [9.17, 15) is 4.79 Å². The maximum absolute atomic E-state index is 11.8. The van der Waals surface area contributed by atoms with E-state index in [1.54, 1.807) is 6.07 Å². The van der Waals surface area contributed by atoms with Crippen molar-refractivity contribution < 1.29 is 9.21 Å². The smallest absolute Gasteiger partial charge is 0.260 e. The molecule has 0 aliphatic heterocycles. The van der Waals surface area contributed by atoms with Crippen molar-refractivity contribution in [1.29, 1.82) is 0 Å². The molecule has 0 unspecified atom stereocenters. The van der Waals surface area contributed by atoms with Crippen LogP contribution in [0.2, 0.25) is 0 Å². The third-order valence-electron chi connectivity index (χ3n) is 2.11. The minimum atomic E-state index is -0.271. The zero-order valence-corrected chi connectivity index (χ0v) is 11.3. The van der Waals surface area contributed by atoms with Gasteiger partial charge in [0.15, 0.2) is 0 Å². The van der Waals surface area contributed by atoms with Crippen molar-refractivity contribution in [1.82, 2.24) is 10.2 Å². The van der Waals surface area contributed by atoms with Gasteiger partial charge in [0, 0.05) is 0 Å². The van der Waals surface area contributed by atoms with Crippen molar-refractivity contribution in [3.63, 3.8) is 0 Å². The number of aryl methyl sites for hydroxylation is 1. The highest BCUT2D eigenvalue weighted by Crippen LogP contribution is 2.17. The Hall–Kier alpha value is -1.44. The Morgan fingerprint density at radius 1 is 1.56 bits per heavy atom. The summed E-state index contributed by atoms with van der Waals surface area (Å²) >= 11 is 1.36. The van der Waals surface area contributed by atoms with Crippen LogP contribution in [-0.2, 0) is 13.0 Å². The summed E-state index contributed by atoms with van der Waals surface area (Å²) in [5.74, 6) is 0.300. The van der Waals surface area contributed by atoms with Crippen LogP contribution in [0.1, 0.15) is 28.0 Å². The Balaban J connectivity index is 0.00000162. The van der Waals surface area contributed by atoms with Crippen LogP contribution in [0.4, 0.5) is 5.13 Å². The summed E-state index contributed by atoms with van der Waals surface area (Å²) < 4.78 is 5.08. The molecule has 0 aliphatic carbocycles. The Bertz CT molecular complexity index is 525. The molecule has 0 aromatic carbocycles. The number of hydrogen-bond acceptors (Lipinski definition) is 6. The van der Waals surface area contributed by atoms with Crippen molar-refractivity contribution in [2.24, 2.45) is 5.73 Å². The van der Waals surface area contributed by atoms with Crippen LogP contribution in [0, 0.1) is 0 Å². The van der Waals surface area contributed by atoms with Gasteiger partial charge < -0.3 is 10.2 Å². The van der Waals surface area contributed by atoms with Crippen molar-refractivity contribution in [2.45, 2.75) is 19.9 Å². The number of carbonyl (C=O) groups excluding carboxylic acids is 1. The van der Waals surface area contributed by atoms with Crippen LogP contribution in [-0.4, -0.2) is 16.1 Å². The van der Waals surface area contributed by atoms with E-state index >= 15 is 0 Å². The molecular formula is C10H13ClN4O2S. The molecule has 6 nitrogen and oxygen atoms in total. The maximum Gasteiger partial charge on any atom is 0.260 e. The van der Waals surface area contributed by atoms with Crippen LogP contribution in [0.3, 0.4) is 0 Å². The summed E-state index contributed by atoms with van der Waals surface area (Å²) in [6, 6.07) is 1.61. The molecule has 18 heavy (non-hydrogen) atoms. The third-order valence-corrected chi connectivity index (χ3v) is 3.09. The second kappa shape index (κ2) is 6.48. The minimum Gasteiger partial charge on any atom is -0.467 e. The molecule has 2 heterocycles. The van der Waals surface area contributed by atoms with E-state index < -0.39 is 0 Å². The fraction of sp³-hybridized carbons (Fsp3) is 0.300. The molecule has 8 heteroatoms. The Morgan fingerprint density at radius 3 is 2.89 bits per heavy atom. The molecule has 1 amide bonds. The average molecular weight is 289 g/mol. The lowest BCUT2D eigenvalue weighted by molar-refractivity contribution is 0.102. The van der Waals surface area contributed by atoms with E-state index in [0.717, 1.165) is 11.4 Å². The lowest BCUT2D eigenvalue weighted by Gasteiger charge is -1.95. The summed E-state index contributed by atoms with van der Waals surface area (Å²) in [7, 11) is 0. The van der Waals surface area contributed by atoms with Crippen LogP contribution in [0.5, 0.6) is 0 Å². The highest BCUT2D eigenvalue weighted by atomic mass is 35.5. The van der Waals surface area contributed by atoms with Gasteiger partial charge in [0.25, 0.3) is 5.91 Å². The number of hydrogen-bond donors (Lipinski definition) is 2. The van der Waals surface area contributed by atoms with Gasteiger partial charge in [-0.1, -0.05) is 18.3 Å². The molecule has 0 fully saturated rings. The first-order valence-electron chi connectivity index (χ1n) is 5.14. The van der Waals surface area contributed by atoms with Gasteiger partial charge in [-0.15, -0.1) is 22.6 Å². The monoisotopic (exact) mass is 288 g/mol. The highest BCUT2D eigenvalue weighted by Gasteiger charge is 2.12. The first-order valence-corrected chi connectivity index (χ1v) is 5.95. The third kappa shape index (κ3) is 3.28. The van der Waals surface area contributed by atoms with Gasteiger partial charge in [-0.05, 0) is 12.5 Å². The number of nitrogens with one attached hydrogen (secondary N) is 1. The van der Waals surface area contributed by atoms with Gasteiger partial charge in [0.1, 0.15) is 17.0 Å². The first kappa shape index (κ1) is 14.6. The topological polar surface area (TPSA) is 94.0 Å². The Kier molecular flexibility index (Phi) is 5.26. The lowest BCUT2D eigenvalue weighted by Crippen LogP contribution is -2.10. The SMILES string of the molecule is CCc1nnc(NC(=O)c2coc(CN)c2)s1.Cl. The summed E-state index contributed by atoms with van der Waals surface area (Å²) in [6.07, 6.45) is 2.18. The van der Waals surface area contributed by atoms with Crippen molar-refractivity contribution >= 4 is 34.8 Å². The molecule has 0 spiro atoms. The molecule has 2 aromatic heterocycles.